The molecule has 1 amide bonds. The molecule has 1 heterocycles. The molecule has 5 nitrogen and oxygen atoms in total. The maximum atomic E-state index is 12.1. The summed E-state index contributed by atoms with van der Waals surface area (Å²) in [4.78, 5) is 16.1. The van der Waals surface area contributed by atoms with Gasteiger partial charge in [0, 0.05) is 6.92 Å². The van der Waals surface area contributed by atoms with Crippen molar-refractivity contribution < 1.29 is 14.3 Å². The third-order valence-electron chi connectivity index (χ3n) is 2.49. The summed E-state index contributed by atoms with van der Waals surface area (Å²) < 4.78 is 5.17. The number of aromatic hydroxyl groups is 1. The standard InChI is InChI=1S/C12H9Cl3N2O3/c1-4-11(20-5(2)16-4)12(19)17-9-8(15)6(13)3-7(14)10(9)18/h3,18H,1-2H3,(H,17,19). The molecular weight excluding hydrogens is 327 g/mol. The topological polar surface area (TPSA) is 75.4 Å². The first kappa shape index (κ1) is 15.0. The predicted octanol–water partition coefficient (Wildman–Crippen LogP) is 4.21. The smallest absolute Gasteiger partial charge is 0.293 e. The largest absolute Gasteiger partial charge is 0.504 e. The van der Waals surface area contributed by atoms with Crippen molar-refractivity contribution in [1.82, 2.24) is 4.98 Å². The summed E-state index contributed by atoms with van der Waals surface area (Å²) in [5, 5.41) is 12.3. The summed E-state index contributed by atoms with van der Waals surface area (Å²) in [6.07, 6.45) is 0. The summed E-state index contributed by atoms with van der Waals surface area (Å²) in [6.45, 7) is 3.24. The van der Waals surface area contributed by atoms with Crippen LogP contribution in [0, 0.1) is 13.8 Å². The molecule has 0 bridgehead atoms. The van der Waals surface area contributed by atoms with Crippen molar-refractivity contribution in [2.45, 2.75) is 13.8 Å². The van der Waals surface area contributed by atoms with Crippen LogP contribution in [0.1, 0.15) is 22.1 Å². The summed E-state index contributed by atoms with van der Waals surface area (Å²) in [7, 11) is 0. The number of halogens is 3. The van der Waals surface area contributed by atoms with E-state index in [0.717, 1.165) is 0 Å². The molecule has 106 valence electrons. The summed E-state index contributed by atoms with van der Waals surface area (Å²) in [5.41, 5.74) is 0.339. The van der Waals surface area contributed by atoms with E-state index in [0.29, 0.717) is 11.6 Å². The number of aromatic nitrogens is 1. The van der Waals surface area contributed by atoms with Crippen molar-refractivity contribution in [3.05, 3.63) is 38.5 Å². The molecule has 2 N–H and O–H groups in total. The number of rotatable bonds is 2. The number of phenolic OH excluding ortho intramolecular Hbond substituents is 1. The molecule has 1 aromatic heterocycles. The Morgan fingerprint density at radius 1 is 1.30 bits per heavy atom. The first-order valence-electron chi connectivity index (χ1n) is 5.43. The van der Waals surface area contributed by atoms with Crippen LogP contribution in [-0.2, 0) is 0 Å². The van der Waals surface area contributed by atoms with Crippen LogP contribution in [0.2, 0.25) is 15.1 Å². The number of carbonyl (C=O) groups is 1. The van der Waals surface area contributed by atoms with Gasteiger partial charge < -0.3 is 14.8 Å². The molecule has 8 heteroatoms. The minimum atomic E-state index is -0.612. The maximum Gasteiger partial charge on any atom is 0.293 e. The highest BCUT2D eigenvalue weighted by Crippen LogP contribution is 2.42. The third kappa shape index (κ3) is 2.70. The van der Waals surface area contributed by atoms with Gasteiger partial charge in [0.2, 0.25) is 5.76 Å². The minimum absolute atomic E-state index is 0.0178. The van der Waals surface area contributed by atoms with Gasteiger partial charge in [-0.3, -0.25) is 4.79 Å². The zero-order valence-electron chi connectivity index (χ0n) is 10.4. The highest BCUT2D eigenvalue weighted by Gasteiger charge is 2.21. The first-order valence-corrected chi connectivity index (χ1v) is 6.56. The van der Waals surface area contributed by atoms with E-state index >= 15 is 0 Å². The monoisotopic (exact) mass is 334 g/mol. The second-order valence-electron chi connectivity index (χ2n) is 3.98. The van der Waals surface area contributed by atoms with E-state index in [1.54, 1.807) is 13.8 Å². The fourth-order valence-electron chi connectivity index (χ4n) is 1.61. The Morgan fingerprint density at radius 3 is 2.50 bits per heavy atom. The normalized spacial score (nSPS) is 10.7. The molecule has 2 aromatic rings. The van der Waals surface area contributed by atoms with E-state index < -0.39 is 5.91 Å². The van der Waals surface area contributed by atoms with Gasteiger partial charge >= 0.3 is 0 Å². The van der Waals surface area contributed by atoms with Crippen molar-refractivity contribution in [2.24, 2.45) is 0 Å². The lowest BCUT2D eigenvalue weighted by molar-refractivity contribution is 0.0994. The van der Waals surface area contributed by atoms with Gasteiger partial charge in [-0.25, -0.2) is 4.98 Å². The zero-order valence-corrected chi connectivity index (χ0v) is 12.7. The van der Waals surface area contributed by atoms with Gasteiger partial charge in [-0.15, -0.1) is 0 Å². The first-order chi connectivity index (χ1) is 9.31. The number of aryl methyl sites for hydroxylation is 2. The fourth-order valence-corrected chi connectivity index (χ4v) is 2.27. The highest BCUT2D eigenvalue weighted by molar-refractivity contribution is 6.46. The van der Waals surface area contributed by atoms with Gasteiger partial charge in [-0.05, 0) is 13.0 Å². The lowest BCUT2D eigenvalue weighted by atomic mass is 10.2. The Kier molecular flexibility index (Phi) is 4.13. The number of hydrogen-bond donors (Lipinski definition) is 2. The van der Waals surface area contributed by atoms with Crippen LogP contribution in [0.15, 0.2) is 10.5 Å². The van der Waals surface area contributed by atoms with Gasteiger partial charge in [0.25, 0.3) is 5.91 Å². The van der Waals surface area contributed by atoms with E-state index in [1.807, 2.05) is 0 Å². The molecule has 2 rings (SSSR count). The number of hydrogen-bond acceptors (Lipinski definition) is 4. The molecule has 0 unspecified atom stereocenters. The predicted molar refractivity (Wildman–Crippen MR) is 77.1 cm³/mol. The number of amides is 1. The molecule has 0 saturated carbocycles. The molecule has 0 aliphatic heterocycles. The average molecular weight is 336 g/mol. The molecular formula is C12H9Cl3N2O3. The van der Waals surface area contributed by atoms with Crippen molar-refractivity contribution in [3.8, 4) is 5.75 Å². The van der Waals surface area contributed by atoms with Gasteiger partial charge in [-0.1, -0.05) is 34.8 Å². The van der Waals surface area contributed by atoms with Crippen LogP contribution in [0.5, 0.6) is 5.75 Å². The van der Waals surface area contributed by atoms with E-state index in [4.69, 9.17) is 39.2 Å². The van der Waals surface area contributed by atoms with Gasteiger partial charge in [0.05, 0.1) is 20.8 Å². The SMILES string of the molecule is Cc1nc(C)c(C(=O)Nc2c(O)c(Cl)cc(Cl)c2Cl)o1. The molecule has 20 heavy (non-hydrogen) atoms. The molecule has 0 radical (unpaired) electrons. The summed E-state index contributed by atoms with van der Waals surface area (Å²) >= 11 is 17.6. The van der Waals surface area contributed by atoms with Crippen molar-refractivity contribution in [1.29, 1.82) is 0 Å². The fraction of sp³-hybridized carbons (Fsp3) is 0.167. The van der Waals surface area contributed by atoms with Crippen LogP contribution >= 0.6 is 34.8 Å². The summed E-state index contributed by atoms with van der Waals surface area (Å²) in [5.74, 6) is -0.608. The van der Waals surface area contributed by atoms with Crippen LogP contribution in [0.25, 0.3) is 0 Å². The number of benzene rings is 1. The number of oxazole rings is 1. The third-order valence-corrected chi connectivity index (χ3v) is 3.57. The average Bonchev–Trinajstić information content (AvgIpc) is 2.71. The van der Waals surface area contributed by atoms with Gasteiger partial charge in [0.15, 0.2) is 11.6 Å². The van der Waals surface area contributed by atoms with Crippen LogP contribution < -0.4 is 5.32 Å². The zero-order chi connectivity index (χ0) is 15.0. The Morgan fingerprint density at radius 2 is 1.95 bits per heavy atom. The number of nitrogens with zero attached hydrogens (tertiary/aromatic N) is 1. The second kappa shape index (κ2) is 5.52. The Bertz CT molecular complexity index is 671. The van der Waals surface area contributed by atoms with Crippen LogP contribution in [0.4, 0.5) is 5.69 Å². The lowest BCUT2D eigenvalue weighted by Crippen LogP contribution is -2.13. The number of nitrogens with one attached hydrogen (secondary N) is 1. The van der Waals surface area contributed by atoms with E-state index in [-0.39, 0.29) is 32.3 Å². The molecule has 1 aromatic carbocycles. The number of carbonyl (C=O) groups excluding carboxylic acids is 1. The molecule has 0 atom stereocenters. The van der Waals surface area contributed by atoms with E-state index in [9.17, 15) is 9.90 Å². The van der Waals surface area contributed by atoms with Crippen molar-refractivity contribution in [3.63, 3.8) is 0 Å². The van der Waals surface area contributed by atoms with Gasteiger partial charge in [-0.2, -0.15) is 0 Å². The number of anilines is 1. The molecule has 0 aliphatic rings. The maximum absolute atomic E-state index is 12.1. The second-order valence-corrected chi connectivity index (χ2v) is 5.17. The van der Waals surface area contributed by atoms with Gasteiger partial charge in [0.1, 0.15) is 5.69 Å². The van der Waals surface area contributed by atoms with Crippen LogP contribution in [0.3, 0.4) is 0 Å². The van der Waals surface area contributed by atoms with E-state index in [2.05, 4.69) is 10.3 Å². The molecule has 0 aliphatic carbocycles. The van der Waals surface area contributed by atoms with Crippen molar-refractivity contribution >= 4 is 46.4 Å². The lowest BCUT2D eigenvalue weighted by Gasteiger charge is -2.11. The van der Waals surface area contributed by atoms with Crippen LogP contribution in [-0.4, -0.2) is 16.0 Å². The molecule has 0 fully saturated rings. The Labute approximate surface area is 129 Å². The number of phenols is 1. The molecule has 0 spiro atoms. The van der Waals surface area contributed by atoms with Crippen molar-refractivity contribution in [2.75, 3.05) is 5.32 Å². The Balaban J connectivity index is 2.40. The Hall–Kier alpha value is -1.43. The minimum Gasteiger partial charge on any atom is -0.504 e. The quantitative estimate of drug-likeness (QED) is 0.637. The summed E-state index contributed by atoms with van der Waals surface area (Å²) in [6, 6.07) is 1.28. The van der Waals surface area contributed by atoms with E-state index in [1.165, 1.54) is 6.07 Å². The molecule has 0 saturated heterocycles. The highest BCUT2D eigenvalue weighted by atomic mass is 35.5.